The number of Topliss-reactive ketones (excluding diaryl/α,β-unsaturated/α-hetero) is 1. The molecule has 8 heteroatoms. The lowest BCUT2D eigenvalue weighted by molar-refractivity contribution is 0.0796. The molecule has 0 unspecified atom stereocenters. The van der Waals surface area contributed by atoms with Gasteiger partial charge in [0.1, 0.15) is 11.5 Å². The van der Waals surface area contributed by atoms with Crippen LogP contribution in [0.2, 0.25) is 0 Å². The number of rotatable bonds is 5. The molecule has 1 saturated carbocycles. The Labute approximate surface area is 220 Å². The summed E-state index contributed by atoms with van der Waals surface area (Å²) >= 11 is 0. The Kier molecular flexibility index (Phi) is 5.87. The molecule has 2 aliphatic carbocycles. The number of carbonyl (C=O) groups is 1. The molecule has 0 N–H and O–H groups in total. The lowest BCUT2D eigenvalue weighted by Gasteiger charge is -2.43. The fourth-order valence-electron chi connectivity index (χ4n) is 5.83. The fourth-order valence-corrected chi connectivity index (χ4v) is 7.68. The van der Waals surface area contributed by atoms with Crippen LogP contribution in [-0.4, -0.2) is 34.2 Å². The zero-order chi connectivity index (χ0) is 26.5. The molecular formula is C30H26FN3O3S. The van der Waals surface area contributed by atoms with Gasteiger partial charge in [0, 0.05) is 6.20 Å². The van der Waals surface area contributed by atoms with Gasteiger partial charge in [-0.25, -0.2) is 17.5 Å². The number of ketones is 1. The summed E-state index contributed by atoms with van der Waals surface area (Å²) in [4.78, 5) is 18.9. The fraction of sp³-hybridized carbons (Fsp3) is 0.233. The van der Waals surface area contributed by atoms with E-state index in [1.54, 1.807) is 65.6 Å². The van der Waals surface area contributed by atoms with Crippen LogP contribution in [0.25, 0.3) is 11.8 Å². The lowest BCUT2D eigenvalue weighted by atomic mass is 9.61. The summed E-state index contributed by atoms with van der Waals surface area (Å²) in [6.07, 6.45) is 6.69. The molecule has 38 heavy (non-hydrogen) atoms. The number of hydrogen-bond donors (Lipinski definition) is 0. The highest BCUT2D eigenvalue weighted by atomic mass is 32.2. The van der Waals surface area contributed by atoms with Gasteiger partial charge in [-0.2, -0.15) is 5.10 Å². The lowest BCUT2D eigenvalue weighted by Crippen LogP contribution is -2.45. The minimum Gasteiger partial charge on any atom is -0.291 e. The Morgan fingerprint density at radius 3 is 2.58 bits per heavy atom. The average molecular weight is 528 g/mol. The number of halogens is 1. The van der Waals surface area contributed by atoms with Crippen LogP contribution in [0, 0.1) is 18.2 Å². The van der Waals surface area contributed by atoms with E-state index in [0.29, 0.717) is 30.6 Å². The van der Waals surface area contributed by atoms with Gasteiger partial charge in [0.05, 0.1) is 33.1 Å². The predicted octanol–water partition coefficient (Wildman–Crippen LogP) is 5.55. The van der Waals surface area contributed by atoms with E-state index in [-0.39, 0.29) is 22.9 Å². The average Bonchev–Trinajstić information content (AvgIpc) is 3.34. The van der Waals surface area contributed by atoms with Gasteiger partial charge in [-0.1, -0.05) is 23.8 Å². The molecule has 0 spiro atoms. The molecule has 0 saturated heterocycles. The van der Waals surface area contributed by atoms with E-state index in [9.17, 15) is 17.6 Å². The number of carbonyl (C=O) groups excluding carboxylic acids is 1. The number of fused-ring (bicyclic) bond motifs is 2. The Bertz CT molecular complexity index is 1680. The topological polar surface area (TPSA) is 81.9 Å². The van der Waals surface area contributed by atoms with Crippen molar-refractivity contribution in [2.45, 2.75) is 42.8 Å². The summed E-state index contributed by atoms with van der Waals surface area (Å²) in [5, 5.41) is 3.85. The number of aromatic nitrogens is 3. The zero-order valence-corrected chi connectivity index (χ0v) is 21.7. The van der Waals surface area contributed by atoms with E-state index in [1.165, 1.54) is 12.1 Å². The van der Waals surface area contributed by atoms with Gasteiger partial charge in [0.2, 0.25) is 0 Å². The van der Waals surface area contributed by atoms with E-state index in [2.05, 4.69) is 10.1 Å². The Balaban J connectivity index is 1.46. The quantitative estimate of drug-likeness (QED) is 0.318. The molecule has 2 aromatic carbocycles. The van der Waals surface area contributed by atoms with Crippen molar-refractivity contribution in [2.24, 2.45) is 5.41 Å². The van der Waals surface area contributed by atoms with Crippen molar-refractivity contribution in [3.8, 4) is 5.69 Å². The highest BCUT2D eigenvalue weighted by Crippen LogP contribution is 2.51. The predicted molar refractivity (Wildman–Crippen MR) is 142 cm³/mol. The van der Waals surface area contributed by atoms with E-state index < -0.39 is 20.5 Å². The molecule has 2 heterocycles. The van der Waals surface area contributed by atoms with Crippen molar-refractivity contribution in [2.75, 3.05) is 0 Å². The standard InChI is InChI=1S/C30H26FN3O3S/c1-20-13-14-32-27(15-20)29(35)30-17-21-19-33-34(24-10-8-23(31)9-11-24)28(21)16-22(30)7-12-26(18-30)38(36,37)25-5-3-2-4-6-25/h2-6,8-11,13-16,19,26H,7,12,17-18H2,1H3/t26-,30+/m1/s1. The zero-order valence-electron chi connectivity index (χ0n) is 20.8. The van der Waals surface area contributed by atoms with Crippen LogP contribution in [0.5, 0.6) is 0 Å². The van der Waals surface area contributed by atoms with Crippen LogP contribution in [0.15, 0.2) is 89.6 Å². The molecule has 6 rings (SSSR count). The highest BCUT2D eigenvalue weighted by molar-refractivity contribution is 7.92. The van der Waals surface area contributed by atoms with E-state index in [1.807, 2.05) is 19.1 Å². The minimum atomic E-state index is -3.65. The number of sulfone groups is 1. The van der Waals surface area contributed by atoms with Gasteiger partial charge in [0.15, 0.2) is 15.6 Å². The summed E-state index contributed by atoms with van der Waals surface area (Å²) < 4.78 is 42.7. The molecular weight excluding hydrogens is 501 g/mol. The molecule has 0 amide bonds. The van der Waals surface area contributed by atoms with Gasteiger partial charge in [-0.05, 0) is 98.3 Å². The number of allylic oxidation sites excluding steroid dienone is 1. The van der Waals surface area contributed by atoms with E-state index in [4.69, 9.17) is 0 Å². The maximum absolute atomic E-state index is 14.3. The van der Waals surface area contributed by atoms with Crippen LogP contribution < -0.4 is 0 Å². The number of nitrogens with zero attached hydrogens (tertiary/aromatic N) is 3. The first-order chi connectivity index (χ1) is 18.3. The maximum Gasteiger partial charge on any atom is 0.191 e. The molecule has 1 fully saturated rings. The van der Waals surface area contributed by atoms with Gasteiger partial charge in [-0.3, -0.25) is 9.78 Å². The van der Waals surface area contributed by atoms with Crippen molar-refractivity contribution in [1.29, 1.82) is 0 Å². The molecule has 2 atom stereocenters. The summed E-state index contributed by atoms with van der Waals surface area (Å²) in [7, 11) is -3.65. The third-order valence-corrected chi connectivity index (χ3v) is 9.99. The first-order valence-corrected chi connectivity index (χ1v) is 14.1. The van der Waals surface area contributed by atoms with E-state index >= 15 is 0 Å². The summed E-state index contributed by atoms with van der Waals surface area (Å²) in [5.74, 6) is -0.498. The summed E-state index contributed by atoms with van der Waals surface area (Å²) in [6, 6.07) is 18.1. The molecule has 4 aromatic rings. The molecule has 2 aliphatic rings. The summed E-state index contributed by atoms with van der Waals surface area (Å²) in [6.45, 7) is 1.90. The SMILES string of the molecule is Cc1ccnc(C(=O)[C@]23Cc4cnn(-c5ccc(F)cc5)c4C=C2CC[C@@H](S(=O)(=O)c2ccccc2)C3)c1. The number of aryl methyl sites for hydroxylation is 1. The smallest absolute Gasteiger partial charge is 0.191 e. The second kappa shape index (κ2) is 9.13. The van der Waals surface area contributed by atoms with Crippen LogP contribution in [0.3, 0.4) is 0 Å². The van der Waals surface area contributed by atoms with Gasteiger partial charge in [-0.15, -0.1) is 0 Å². The van der Waals surface area contributed by atoms with Gasteiger partial charge >= 0.3 is 0 Å². The molecule has 192 valence electrons. The third-order valence-electron chi connectivity index (χ3n) is 7.78. The van der Waals surface area contributed by atoms with Crippen molar-refractivity contribution >= 4 is 21.7 Å². The number of pyridine rings is 1. The molecule has 0 bridgehead atoms. The van der Waals surface area contributed by atoms with Crippen molar-refractivity contribution in [3.05, 3.63) is 113 Å². The van der Waals surface area contributed by atoms with Gasteiger partial charge in [0.25, 0.3) is 0 Å². The summed E-state index contributed by atoms with van der Waals surface area (Å²) in [5.41, 5.74) is 3.48. The third kappa shape index (κ3) is 4.00. The van der Waals surface area contributed by atoms with E-state index in [0.717, 1.165) is 22.4 Å². The number of hydrogen-bond acceptors (Lipinski definition) is 5. The van der Waals surface area contributed by atoms with Crippen molar-refractivity contribution in [1.82, 2.24) is 14.8 Å². The van der Waals surface area contributed by atoms with Crippen LogP contribution in [0.1, 0.15) is 46.6 Å². The van der Waals surface area contributed by atoms with Crippen molar-refractivity contribution in [3.63, 3.8) is 0 Å². The second-order valence-corrected chi connectivity index (χ2v) is 12.4. The minimum absolute atomic E-state index is 0.166. The van der Waals surface area contributed by atoms with Crippen LogP contribution in [-0.2, 0) is 16.3 Å². The number of benzene rings is 2. The van der Waals surface area contributed by atoms with Gasteiger partial charge < -0.3 is 0 Å². The second-order valence-electron chi connectivity index (χ2n) is 10.1. The molecule has 6 nitrogen and oxygen atoms in total. The molecule has 0 radical (unpaired) electrons. The normalized spacial score (nSPS) is 20.8. The van der Waals surface area contributed by atoms with Crippen molar-refractivity contribution < 1.29 is 17.6 Å². The Morgan fingerprint density at radius 1 is 1.08 bits per heavy atom. The molecule has 2 aromatic heterocycles. The molecule has 0 aliphatic heterocycles. The highest BCUT2D eigenvalue weighted by Gasteiger charge is 2.52. The Hall–Kier alpha value is -3.91. The first kappa shape index (κ1) is 24.4. The van der Waals surface area contributed by atoms with Crippen LogP contribution in [0.4, 0.5) is 4.39 Å². The first-order valence-electron chi connectivity index (χ1n) is 12.6. The monoisotopic (exact) mass is 527 g/mol. The van der Waals surface area contributed by atoms with Crippen LogP contribution >= 0.6 is 0 Å². The maximum atomic E-state index is 14.3. The Morgan fingerprint density at radius 2 is 1.84 bits per heavy atom. The largest absolute Gasteiger partial charge is 0.291 e.